The average molecular weight is 554 g/mol. The molecule has 1 fully saturated rings. The fourth-order valence-corrected chi connectivity index (χ4v) is 5.43. The van der Waals surface area contributed by atoms with Gasteiger partial charge in [0.15, 0.2) is 11.6 Å². The number of aliphatic hydroxyl groups excluding tert-OH is 1. The molecule has 0 spiro atoms. The number of anilines is 1. The standard InChI is InChI=1S/C31H22F3N5O2/c32-22-7-6-16(11-23(22)33)25-13-20-28(37-31(35)38-29(20)36-25)19-2-1-3-26(21(19)14-40)39-9-8-17-10-18(15-4-5-15)12-24(34)27(17)30(39)41/h1-3,6-13,15,40H,4-5,14H2,(H3,35,36,37,38). The fraction of sp³-hybridized carbons (Fsp3) is 0.129. The Labute approximate surface area is 230 Å². The highest BCUT2D eigenvalue weighted by atomic mass is 19.2. The lowest BCUT2D eigenvalue weighted by molar-refractivity contribution is 0.282. The van der Waals surface area contributed by atoms with Crippen LogP contribution in [0.3, 0.4) is 0 Å². The zero-order valence-corrected chi connectivity index (χ0v) is 21.5. The third-order valence-corrected chi connectivity index (χ3v) is 7.59. The molecule has 10 heteroatoms. The van der Waals surface area contributed by atoms with E-state index < -0.39 is 29.6 Å². The molecular weight excluding hydrogens is 531 g/mol. The van der Waals surface area contributed by atoms with Crippen molar-refractivity contribution in [3.05, 3.63) is 106 Å². The number of halogens is 3. The van der Waals surface area contributed by atoms with Crippen LogP contribution in [-0.4, -0.2) is 24.6 Å². The maximum atomic E-state index is 15.2. The Bertz CT molecular complexity index is 2080. The molecule has 0 radical (unpaired) electrons. The Kier molecular flexibility index (Phi) is 5.69. The first-order valence-corrected chi connectivity index (χ1v) is 13.0. The molecule has 3 heterocycles. The van der Waals surface area contributed by atoms with E-state index in [2.05, 4.69) is 15.0 Å². The molecule has 0 amide bonds. The molecular formula is C31H22F3N5O2. The van der Waals surface area contributed by atoms with Gasteiger partial charge in [-0.25, -0.2) is 18.2 Å². The molecule has 4 N–H and O–H groups in total. The minimum absolute atomic E-state index is 0.0262. The highest BCUT2D eigenvalue weighted by molar-refractivity contribution is 5.96. The van der Waals surface area contributed by atoms with Gasteiger partial charge >= 0.3 is 0 Å². The van der Waals surface area contributed by atoms with Crippen LogP contribution in [0.4, 0.5) is 19.1 Å². The zero-order chi connectivity index (χ0) is 28.4. The number of aromatic nitrogens is 4. The molecule has 41 heavy (non-hydrogen) atoms. The Morgan fingerprint density at radius 1 is 0.976 bits per heavy atom. The minimum atomic E-state index is -0.997. The molecule has 0 unspecified atom stereocenters. The summed E-state index contributed by atoms with van der Waals surface area (Å²) in [5, 5.41) is 11.5. The average Bonchev–Trinajstić information content (AvgIpc) is 3.73. The van der Waals surface area contributed by atoms with Crippen molar-refractivity contribution >= 4 is 27.8 Å². The van der Waals surface area contributed by atoms with Crippen LogP contribution in [0.5, 0.6) is 0 Å². The normalized spacial score (nSPS) is 13.4. The van der Waals surface area contributed by atoms with Crippen LogP contribution in [0.25, 0.3) is 50.0 Å². The summed E-state index contributed by atoms with van der Waals surface area (Å²) in [4.78, 5) is 25.3. The third-order valence-electron chi connectivity index (χ3n) is 7.59. The fourth-order valence-electron chi connectivity index (χ4n) is 5.43. The van der Waals surface area contributed by atoms with Crippen LogP contribution >= 0.6 is 0 Å². The van der Waals surface area contributed by atoms with Crippen LogP contribution in [0.2, 0.25) is 0 Å². The summed E-state index contributed by atoms with van der Waals surface area (Å²) in [6.45, 7) is -0.467. The highest BCUT2D eigenvalue weighted by Gasteiger charge is 2.25. The van der Waals surface area contributed by atoms with Gasteiger partial charge in [0.1, 0.15) is 11.5 Å². The Balaban J connectivity index is 1.40. The SMILES string of the molecule is Nc1nc(-c2cccc(-n3ccc4cc(C5CC5)cc(F)c4c3=O)c2CO)c2cc(-c3ccc(F)c(F)c3)[nH]c2n1. The lowest BCUT2D eigenvalue weighted by atomic mass is 9.99. The largest absolute Gasteiger partial charge is 0.392 e. The summed E-state index contributed by atoms with van der Waals surface area (Å²) in [7, 11) is 0. The molecule has 0 aliphatic heterocycles. The number of aromatic amines is 1. The number of H-pyrrole nitrogens is 1. The second-order valence-corrected chi connectivity index (χ2v) is 10.2. The number of fused-ring (bicyclic) bond motifs is 2. The number of nitrogens with zero attached hydrogens (tertiary/aromatic N) is 3. The second-order valence-electron chi connectivity index (χ2n) is 10.2. The molecule has 1 aliphatic rings. The van der Waals surface area contributed by atoms with Gasteiger partial charge in [-0.3, -0.25) is 9.36 Å². The molecule has 204 valence electrons. The van der Waals surface area contributed by atoms with Crippen molar-refractivity contribution < 1.29 is 18.3 Å². The van der Waals surface area contributed by atoms with Gasteiger partial charge in [-0.1, -0.05) is 18.2 Å². The van der Waals surface area contributed by atoms with Gasteiger partial charge in [-0.2, -0.15) is 4.98 Å². The van der Waals surface area contributed by atoms with Crippen LogP contribution in [0, 0.1) is 17.5 Å². The molecule has 1 saturated carbocycles. The molecule has 0 atom stereocenters. The van der Waals surface area contributed by atoms with Crippen LogP contribution in [-0.2, 0) is 6.61 Å². The molecule has 7 nitrogen and oxygen atoms in total. The van der Waals surface area contributed by atoms with Crippen LogP contribution in [0.15, 0.2) is 71.7 Å². The Morgan fingerprint density at radius 3 is 2.56 bits per heavy atom. The number of benzene rings is 3. The summed E-state index contributed by atoms with van der Waals surface area (Å²) in [6.07, 6.45) is 3.60. The first kappa shape index (κ1) is 25.0. The lowest BCUT2D eigenvalue weighted by Gasteiger charge is -2.16. The van der Waals surface area contributed by atoms with Gasteiger partial charge in [-0.15, -0.1) is 0 Å². The van der Waals surface area contributed by atoms with Crippen molar-refractivity contribution in [1.82, 2.24) is 19.5 Å². The van der Waals surface area contributed by atoms with Crippen molar-refractivity contribution in [2.75, 3.05) is 5.73 Å². The molecule has 0 saturated heterocycles. The first-order valence-electron chi connectivity index (χ1n) is 13.0. The number of nitrogen functional groups attached to an aromatic ring is 1. The summed E-state index contributed by atoms with van der Waals surface area (Å²) >= 11 is 0. The number of aliphatic hydroxyl groups is 1. The summed E-state index contributed by atoms with van der Waals surface area (Å²) < 4.78 is 43.9. The van der Waals surface area contributed by atoms with E-state index in [0.717, 1.165) is 30.5 Å². The topological polar surface area (TPSA) is 110 Å². The summed E-state index contributed by atoms with van der Waals surface area (Å²) in [5.74, 6) is -2.26. The molecule has 1 aliphatic carbocycles. The van der Waals surface area contributed by atoms with Gasteiger partial charge < -0.3 is 15.8 Å². The number of pyridine rings is 1. The highest BCUT2D eigenvalue weighted by Crippen LogP contribution is 2.41. The lowest BCUT2D eigenvalue weighted by Crippen LogP contribution is -2.20. The monoisotopic (exact) mass is 553 g/mol. The van der Waals surface area contributed by atoms with E-state index >= 15 is 4.39 Å². The predicted molar refractivity (Wildman–Crippen MR) is 150 cm³/mol. The molecule has 7 rings (SSSR count). The van der Waals surface area contributed by atoms with Crippen LogP contribution in [0.1, 0.15) is 29.9 Å². The van der Waals surface area contributed by atoms with Crippen molar-refractivity contribution in [2.24, 2.45) is 0 Å². The number of hydrogen-bond donors (Lipinski definition) is 3. The zero-order valence-electron chi connectivity index (χ0n) is 21.5. The van der Waals surface area contributed by atoms with Gasteiger partial charge in [0, 0.05) is 34.0 Å². The van der Waals surface area contributed by atoms with E-state index in [1.165, 1.54) is 16.7 Å². The summed E-state index contributed by atoms with van der Waals surface area (Å²) in [5.41, 5.74) is 9.09. The van der Waals surface area contributed by atoms with Gasteiger partial charge in [0.2, 0.25) is 5.95 Å². The van der Waals surface area contributed by atoms with Crippen molar-refractivity contribution in [2.45, 2.75) is 25.4 Å². The number of hydrogen-bond acceptors (Lipinski definition) is 5. The number of rotatable bonds is 5. The van der Waals surface area contributed by atoms with Crippen molar-refractivity contribution in [3.63, 3.8) is 0 Å². The van der Waals surface area contributed by atoms with Crippen molar-refractivity contribution in [1.29, 1.82) is 0 Å². The smallest absolute Gasteiger partial charge is 0.265 e. The molecule has 3 aromatic carbocycles. The maximum Gasteiger partial charge on any atom is 0.265 e. The third kappa shape index (κ3) is 4.15. The van der Waals surface area contributed by atoms with Crippen molar-refractivity contribution in [3.8, 4) is 28.2 Å². The summed E-state index contributed by atoms with van der Waals surface area (Å²) in [6, 6.07) is 15.3. The van der Waals surface area contributed by atoms with Crippen LogP contribution < -0.4 is 11.3 Å². The van der Waals surface area contributed by atoms with E-state index in [0.29, 0.717) is 56.1 Å². The quantitative estimate of drug-likeness (QED) is 0.244. The van der Waals surface area contributed by atoms with Gasteiger partial charge in [0.05, 0.1) is 23.4 Å². The van der Waals surface area contributed by atoms with E-state index in [1.54, 1.807) is 36.5 Å². The van der Waals surface area contributed by atoms with Gasteiger partial charge in [-0.05, 0) is 72.2 Å². The first-order chi connectivity index (χ1) is 19.8. The maximum absolute atomic E-state index is 15.2. The predicted octanol–water partition coefficient (Wildman–Crippen LogP) is 5.97. The molecule has 0 bridgehead atoms. The number of nitrogens with one attached hydrogen (secondary N) is 1. The Morgan fingerprint density at radius 2 is 1.80 bits per heavy atom. The molecule has 6 aromatic rings. The minimum Gasteiger partial charge on any atom is -0.392 e. The van der Waals surface area contributed by atoms with E-state index in [-0.39, 0.29) is 11.3 Å². The second kappa shape index (κ2) is 9.31. The van der Waals surface area contributed by atoms with E-state index in [1.807, 2.05) is 6.07 Å². The number of nitrogens with two attached hydrogens (primary N) is 1. The van der Waals surface area contributed by atoms with E-state index in [4.69, 9.17) is 5.73 Å². The Hall–Kier alpha value is -4.96. The molecule has 3 aromatic heterocycles. The van der Waals surface area contributed by atoms with Gasteiger partial charge in [0.25, 0.3) is 5.56 Å². The van der Waals surface area contributed by atoms with E-state index in [9.17, 15) is 18.7 Å².